The van der Waals surface area contributed by atoms with Crippen LogP contribution in [0.5, 0.6) is 5.75 Å². The van der Waals surface area contributed by atoms with Crippen molar-refractivity contribution in [2.75, 3.05) is 27.0 Å². The molecule has 0 saturated carbocycles. The molecule has 1 aliphatic heterocycles. The summed E-state index contributed by atoms with van der Waals surface area (Å²) in [6.45, 7) is 0.346. The second-order valence-corrected chi connectivity index (χ2v) is 6.76. The van der Waals surface area contributed by atoms with Crippen LogP contribution in [0.3, 0.4) is 0 Å². The van der Waals surface area contributed by atoms with E-state index in [1.54, 1.807) is 12.1 Å². The SMILES string of the molecule is COCOc1cc2ccccc2cc1C(=O)N[C@@H]1CN(C(=O)O)CCC[C@H]1O. The number of nitrogens with zero attached hydrogens (tertiary/aromatic N) is 1. The molecule has 1 aliphatic rings. The van der Waals surface area contributed by atoms with E-state index in [1.807, 2.05) is 24.3 Å². The third-order valence-electron chi connectivity index (χ3n) is 4.82. The van der Waals surface area contributed by atoms with Gasteiger partial charge in [-0.1, -0.05) is 24.3 Å². The van der Waals surface area contributed by atoms with Crippen LogP contribution in [-0.4, -0.2) is 66.3 Å². The number of methoxy groups -OCH3 is 1. The molecular formula is C20H24N2O6. The van der Waals surface area contributed by atoms with Gasteiger partial charge < -0.3 is 29.9 Å². The molecule has 2 aromatic rings. The normalized spacial score (nSPS) is 19.9. The van der Waals surface area contributed by atoms with Gasteiger partial charge in [-0.2, -0.15) is 0 Å². The molecular weight excluding hydrogens is 364 g/mol. The molecule has 2 aromatic carbocycles. The van der Waals surface area contributed by atoms with Crippen LogP contribution in [0.15, 0.2) is 36.4 Å². The van der Waals surface area contributed by atoms with Gasteiger partial charge in [0.15, 0.2) is 6.79 Å². The minimum atomic E-state index is -1.07. The number of aliphatic hydroxyl groups is 1. The van der Waals surface area contributed by atoms with Gasteiger partial charge in [0.05, 0.1) is 17.7 Å². The Morgan fingerprint density at radius 2 is 1.96 bits per heavy atom. The summed E-state index contributed by atoms with van der Waals surface area (Å²) in [6, 6.07) is 10.3. The van der Waals surface area contributed by atoms with E-state index in [1.165, 1.54) is 12.0 Å². The minimum Gasteiger partial charge on any atom is -0.467 e. The van der Waals surface area contributed by atoms with Gasteiger partial charge in [-0.25, -0.2) is 4.79 Å². The highest BCUT2D eigenvalue weighted by Crippen LogP contribution is 2.27. The van der Waals surface area contributed by atoms with E-state index in [2.05, 4.69) is 5.32 Å². The van der Waals surface area contributed by atoms with Crippen molar-refractivity contribution in [3.63, 3.8) is 0 Å². The van der Waals surface area contributed by atoms with Gasteiger partial charge in [-0.05, 0) is 35.7 Å². The Balaban J connectivity index is 1.87. The Hall–Kier alpha value is -2.84. The predicted molar refractivity (Wildman–Crippen MR) is 103 cm³/mol. The zero-order valence-corrected chi connectivity index (χ0v) is 15.6. The van der Waals surface area contributed by atoms with Crippen molar-refractivity contribution in [1.82, 2.24) is 10.2 Å². The summed E-state index contributed by atoms with van der Waals surface area (Å²) in [4.78, 5) is 25.5. The lowest BCUT2D eigenvalue weighted by Crippen LogP contribution is -2.49. The van der Waals surface area contributed by atoms with Crippen LogP contribution in [0.25, 0.3) is 10.8 Å². The van der Waals surface area contributed by atoms with E-state index in [-0.39, 0.29) is 13.3 Å². The molecule has 0 bridgehead atoms. The van der Waals surface area contributed by atoms with Crippen molar-refractivity contribution in [3.8, 4) is 5.75 Å². The summed E-state index contributed by atoms with van der Waals surface area (Å²) in [5, 5.41) is 24.2. The maximum atomic E-state index is 13.0. The quantitative estimate of drug-likeness (QED) is 0.677. The number of carbonyl (C=O) groups is 2. The van der Waals surface area contributed by atoms with Crippen LogP contribution < -0.4 is 10.1 Å². The first-order chi connectivity index (χ1) is 13.5. The molecule has 3 N–H and O–H groups in total. The van der Waals surface area contributed by atoms with E-state index < -0.39 is 24.1 Å². The summed E-state index contributed by atoms with van der Waals surface area (Å²) in [5.74, 6) is -0.0793. The third kappa shape index (κ3) is 4.52. The lowest BCUT2D eigenvalue weighted by atomic mass is 10.0. The highest BCUT2D eigenvalue weighted by molar-refractivity contribution is 6.01. The van der Waals surface area contributed by atoms with Gasteiger partial charge in [0.1, 0.15) is 5.75 Å². The fraction of sp³-hybridized carbons (Fsp3) is 0.400. The molecule has 150 valence electrons. The molecule has 0 unspecified atom stereocenters. The fourth-order valence-corrected chi connectivity index (χ4v) is 3.34. The lowest BCUT2D eigenvalue weighted by Gasteiger charge is -2.25. The Morgan fingerprint density at radius 1 is 1.25 bits per heavy atom. The van der Waals surface area contributed by atoms with Crippen molar-refractivity contribution in [2.45, 2.75) is 25.0 Å². The van der Waals surface area contributed by atoms with Gasteiger partial charge in [0.25, 0.3) is 5.91 Å². The Kier molecular flexibility index (Phi) is 6.33. The van der Waals surface area contributed by atoms with Gasteiger partial charge in [0.2, 0.25) is 0 Å². The van der Waals surface area contributed by atoms with Gasteiger partial charge in [-0.15, -0.1) is 0 Å². The largest absolute Gasteiger partial charge is 0.467 e. The summed E-state index contributed by atoms with van der Waals surface area (Å²) >= 11 is 0. The van der Waals surface area contributed by atoms with Crippen LogP contribution in [0.4, 0.5) is 4.79 Å². The Bertz CT molecular complexity index is 856. The molecule has 1 saturated heterocycles. The van der Waals surface area contributed by atoms with Crippen LogP contribution in [-0.2, 0) is 4.74 Å². The van der Waals surface area contributed by atoms with Crippen molar-refractivity contribution in [3.05, 3.63) is 42.0 Å². The van der Waals surface area contributed by atoms with E-state index in [0.29, 0.717) is 30.7 Å². The molecule has 1 heterocycles. The van der Waals surface area contributed by atoms with Crippen LogP contribution in [0.2, 0.25) is 0 Å². The molecule has 0 spiro atoms. The van der Waals surface area contributed by atoms with Crippen molar-refractivity contribution in [2.24, 2.45) is 0 Å². The van der Waals surface area contributed by atoms with Gasteiger partial charge >= 0.3 is 6.09 Å². The number of benzene rings is 2. The van der Waals surface area contributed by atoms with Gasteiger partial charge in [-0.3, -0.25) is 4.79 Å². The average Bonchev–Trinajstić information content (AvgIpc) is 2.87. The third-order valence-corrected chi connectivity index (χ3v) is 4.82. The highest BCUT2D eigenvalue weighted by atomic mass is 16.7. The number of carbonyl (C=O) groups excluding carboxylic acids is 1. The first kappa shape index (κ1) is 19.9. The summed E-state index contributed by atoms with van der Waals surface area (Å²) in [7, 11) is 1.49. The number of ether oxygens (including phenoxy) is 2. The summed E-state index contributed by atoms with van der Waals surface area (Å²) in [5.41, 5.74) is 0.300. The van der Waals surface area contributed by atoms with E-state index in [9.17, 15) is 19.8 Å². The van der Waals surface area contributed by atoms with Crippen LogP contribution in [0, 0.1) is 0 Å². The van der Waals surface area contributed by atoms with Crippen molar-refractivity contribution < 1.29 is 29.3 Å². The molecule has 3 rings (SSSR count). The fourth-order valence-electron chi connectivity index (χ4n) is 3.34. The predicted octanol–water partition coefficient (Wildman–Crippen LogP) is 2.06. The molecule has 2 amide bonds. The lowest BCUT2D eigenvalue weighted by molar-refractivity contribution is 0.0498. The number of hydrogen-bond donors (Lipinski definition) is 3. The Morgan fingerprint density at radius 3 is 2.64 bits per heavy atom. The number of fused-ring (bicyclic) bond motifs is 1. The molecule has 0 radical (unpaired) electrons. The number of aliphatic hydroxyl groups excluding tert-OH is 1. The second-order valence-electron chi connectivity index (χ2n) is 6.76. The molecule has 8 nitrogen and oxygen atoms in total. The summed E-state index contributed by atoms with van der Waals surface area (Å²) < 4.78 is 10.5. The maximum Gasteiger partial charge on any atom is 0.407 e. The summed E-state index contributed by atoms with van der Waals surface area (Å²) in [6.07, 6.45) is -0.933. The highest BCUT2D eigenvalue weighted by Gasteiger charge is 2.30. The van der Waals surface area contributed by atoms with E-state index >= 15 is 0 Å². The average molecular weight is 388 g/mol. The standard InChI is InChI=1S/C20H24N2O6/c1-27-12-28-18-10-14-6-3-2-5-13(14)9-15(18)19(24)21-16-11-22(20(25)26)8-4-7-17(16)23/h2-3,5-6,9-10,16-17,23H,4,7-8,11-12H2,1H3,(H,21,24)(H,25,26)/t16-,17-/m1/s1. The first-order valence-electron chi connectivity index (χ1n) is 9.11. The van der Waals surface area contributed by atoms with E-state index in [0.717, 1.165) is 10.8 Å². The minimum absolute atomic E-state index is 0.0164. The molecule has 8 heteroatoms. The number of carboxylic acid groups (broad SMARTS) is 1. The second kappa shape index (κ2) is 8.90. The zero-order chi connectivity index (χ0) is 20.1. The molecule has 28 heavy (non-hydrogen) atoms. The van der Waals surface area contributed by atoms with Gasteiger partial charge in [0, 0.05) is 20.2 Å². The number of hydrogen-bond acceptors (Lipinski definition) is 5. The monoisotopic (exact) mass is 388 g/mol. The molecule has 0 aromatic heterocycles. The molecule has 0 aliphatic carbocycles. The smallest absolute Gasteiger partial charge is 0.407 e. The zero-order valence-electron chi connectivity index (χ0n) is 15.6. The number of nitrogens with one attached hydrogen (secondary N) is 1. The maximum absolute atomic E-state index is 13.0. The number of amides is 2. The van der Waals surface area contributed by atoms with Crippen LogP contribution in [0.1, 0.15) is 23.2 Å². The van der Waals surface area contributed by atoms with Crippen LogP contribution >= 0.6 is 0 Å². The topological polar surface area (TPSA) is 108 Å². The van der Waals surface area contributed by atoms with Crippen molar-refractivity contribution in [1.29, 1.82) is 0 Å². The molecule has 2 atom stereocenters. The first-order valence-corrected chi connectivity index (χ1v) is 9.11. The molecule has 1 fully saturated rings. The Labute approximate surface area is 162 Å². The van der Waals surface area contributed by atoms with E-state index in [4.69, 9.17) is 9.47 Å². The number of rotatable bonds is 5. The number of likely N-dealkylation sites (tertiary alicyclic amines) is 1. The van der Waals surface area contributed by atoms with Crippen molar-refractivity contribution >= 4 is 22.8 Å².